The third-order valence-corrected chi connectivity index (χ3v) is 3.40. The second-order valence-corrected chi connectivity index (χ2v) is 4.79. The van der Waals surface area contributed by atoms with E-state index in [9.17, 15) is 5.11 Å². The maximum absolute atomic E-state index is 9.69. The maximum Gasteiger partial charge on any atom is 0.161 e. The lowest BCUT2D eigenvalue weighted by Crippen LogP contribution is -2.23. The summed E-state index contributed by atoms with van der Waals surface area (Å²) in [6.45, 7) is 2.00. The minimum absolute atomic E-state index is 0.0362. The molecule has 2 aliphatic rings. The van der Waals surface area contributed by atoms with Crippen LogP contribution in [0.2, 0.25) is 0 Å². The first-order valence-corrected chi connectivity index (χ1v) is 6.52. The lowest BCUT2D eigenvalue weighted by molar-refractivity contribution is -0.0448. The van der Waals surface area contributed by atoms with Gasteiger partial charge in [-0.25, -0.2) is 0 Å². The zero-order chi connectivity index (χ0) is 12.4. The predicted octanol–water partition coefficient (Wildman–Crippen LogP) is 2.06. The topological polar surface area (TPSA) is 47.9 Å². The Hall–Kier alpha value is -1.26. The van der Waals surface area contributed by atoms with E-state index in [-0.39, 0.29) is 12.2 Å². The normalized spacial score (nSPS) is 27.6. The first-order valence-electron chi connectivity index (χ1n) is 6.52. The molecule has 0 aliphatic carbocycles. The summed E-state index contributed by atoms with van der Waals surface area (Å²) in [5.74, 6) is 1.58. The molecule has 0 bridgehead atoms. The van der Waals surface area contributed by atoms with Crippen LogP contribution in [0.15, 0.2) is 18.2 Å². The van der Waals surface area contributed by atoms with Crippen molar-refractivity contribution in [3.05, 3.63) is 23.8 Å². The van der Waals surface area contributed by atoms with Gasteiger partial charge in [-0.2, -0.15) is 0 Å². The molecule has 0 radical (unpaired) electrons. The van der Waals surface area contributed by atoms with Crippen LogP contribution in [0, 0.1) is 0 Å². The fourth-order valence-electron chi connectivity index (χ4n) is 2.39. The van der Waals surface area contributed by atoms with E-state index in [1.807, 2.05) is 18.2 Å². The van der Waals surface area contributed by atoms with Crippen LogP contribution < -0.4 is 9.47 Å². The second-order valence-electron chi connectivity index (χ2n) is 4.79. The average molecular weight is 250 g/mol. The Labute approximate surface area is 106 Å². The molecule has 1 N–H and O–H groups in total. The van der Waals surface area contributed by atoms with E-state index >= 15 is 0 Å². The van der Waals surface area contributed by atoms with Crippen molar-refractivity contribution in [2.24, 2.45) is 0 Å². The van der Waals surface area contributed by atoms with Crippen molar-refractivity contribution in [1.29, 1.82) is 0 Å². The molecule has 1 aromatic rings. The summed E-state index contributed by atoms with van der Waals surface area (Å²) in [6, 6.07) is 5.90. The fraction of sp³-hybridized carbons (Fsp3) is 0.571. The van der Waals surface area contributed by atoms with Crippen LogP contribution in [0.4, 0.5) is 0 Å². The number of hydrogen-bond acceptors (Lipinski definition) is 4. The molecule has 98 valence electrons. The fourth-order valence-corrected chi connectivity index (χ4v) is 2.39. The van der Waals surface area contributed by atoms with Crippen LogP contribution in [0.1, 0.15) is 30.9 Å². The van der Waals surface area contributed by atoms with Crippen LogP contribution in [0.5, 0.6) is 11.5 Å². The molecule has 2 heterocycles. The van der Waals surface area contributed by atoms with Crippen LogP contribution in [0.25, 0.3) is 0 Å². The highest BCUT2D eigenvalue weighted by molar-refractivity contribution is 5.44. The van der Waals surface area contributed by atoms with Gasteiger partial charge in [-0.3, -0.25) is 0 Å². The first kappa shape index (κ1) is 11.8. The number of aliphatic hydroxyl groups is 1. The molecule has 1 aromatic carbocycles. The molecule has 18 heavy (non-hydrogen) atoms. The summed E-state index contributed by atoms with van der Waals surface area (Å²) < 4.78 is 17.0. The van der Waals surface area contributed by atoms with Gasteiger partial charge in [0, 0.05) is 19.4 Å². The molecular formula is C14H18O4. The highest BCUT2D eigenvalue weighted by atomic mass is 16.5. The van der Waals surface area contributed by atoms with Gasteiger partial charge in [0.25, 0.3) is 0 Å². The van der Waals surface area contributed by atoms with Crippen molar-refractivity contribution in [1.82, 2.24) is 0 Å². The van der Waals surface area contributed by atoms with Gasteiger partial charge in [0.2, 0.25) is 0 Å². The molecule has 2 atom stereocenters. The lowest BCUT2D eigenvalue weighted by Gasteiger charge is -2.27. The summed E-state index contributed by atoms with van der Waals surface area (Å²) in [7, 11) is 0. The Morgan fingerprint density at radius 1 is 1.06 bits per heavy atom. The molecule has 1 fully saturated rings. The summed E-state index contributed by atoms with van der Waals surface area (Å²) in [4.78, 5) is 0. The number of aliphatic hydroxyl groups excluding tert-OH is 1. The summed E-state index contributed by atoms with van der Waals surface area (Å²) in [6.07, 6.45) is 1.98. The van der Waals surface area contributed by atoms with E-state index in [1.54, 1.807) is 0 Å². The Bertz CT molecular complexity index is 418. The molecule has 2 aliphatic heterocycles. The van der Waals surface area contributed by atoms with E-state index in [2.05, 4.69) is 0 Å². The zero-order valence-corrected chi connectivity index (χ0v) is 10.3. The van der Waals surface area contributed by atoms with Gasteiger partial charge >= 0.3 is 0 Å². The van der Waals surface area contributed by atoms with E-state index in [0.29, 0.717) is 26.2 Å². The minimum atomic E-state index is -0.264. The molecule has 1 saturated heterocycles. The highest BCUT2D eigenvalue weighted by Crippen LogP contribution is 2.35. The van der Waals surface area contributed by atoms with Gasteiger partial charge in [-0.15, -0.1) is 0 Å². The quantitative estimate of drug-likeness (QED) is 0.828. The van der Waals surface area contributed by atoms with E-state index in [4.69, 9.17) is 14.2 Å². The Morgan fingerprint density at radius 2 is 1.89 bits per heavy atom. The second kappa shape index (κ2) is 5.16. The number of ether oxygens (including phenoxy) is 3. The molecular weight excluding hydrogens is 232 g/mol. The van der Waals surface area contributed by atoms with Crippen LogP contribution in [0.3, 0.4) is 0 Å². The van der Waals surface area contributed by atoms with Gasteiger partial charge in [0.1, 0.15) is 0 Å². The largest absolute Gasteiger partial charge is 0.490 e. The van der Waals surface area contributed by atoms with E-state index in [0.717, 1.165) is 29.9 Å². The van der Waals surface area contributed by atoms with Crippen LogP contribution >= 0.6 is 0 Å². The number of fused-ring (bicyclic) bond motifs is 1. The van der Waals surface area contributed by atoms with Crippen molar-refractivity contribution < 1.29 is 19.3 Å². The van der Waals surface area contributed by atoms with Crippen LogP contribution in [-0.2, 0) is 4.74 Å². The number of benzene rings is 1. The monoisotopic (exact) mass is 250 g/mol. The smallest absolute Gasteiger partial charge is 0.161 e. The van der Waals surface area contributed by atoms with Gasteiger partial charge in [-0.1, -0.05) is 6.07 Å². The van der Waals surface area contributed by atoms with Gasteiger partial charge < -0.3 is 19.3 Å². The van der Waals surface area contributed by atoms with Gasteiger partial charge in [0.05, 0.1) is 25.4 Å². The Morgan fingerprint density at radius 3 is 2.72 bits per heavy atom. The van der Waals surface area contributed by atoms with Crippen molar-refractivity contribution in [2.75, 3.05) is 19.8 Å². The van der Waals surface area contributed by atoms with Crippen molar-refractivity contribution >= 4 is 0 Å². The number of rotatable bonds is 1. The Balaban J connectivity index is 1.82. The Kier molecular flexibility index (Phi) is 3.39. The molecule has 2 unspecified atom stereocenters. The van der Waals surface area contributed by atoms with Gasteiger partial charge in [0.15, 0.2) is 11.5 Å². The zero-order valence-electron chi connectivity index (χ0n) is 10.3. The summed E-state index contributed by atoms with van der Waals surface area (Å²) >= 11 is 0. The van der Waals surface area contributed by atoms with Crippen LogP contribution in [-0.4, -0.2) is 31.0 Å². The van der Waals surface area contributed by atoms with E-state index < -0.39 is 0 Å². The van der Waals surface area contributed by atoms with Crippen molar-refractivity contribution in [3.8, 4) is 11.5 Å². The number of hydrogen-bond donors (Lipinski definition) is 1. The third-order valence-electron chi connectivity index (χ3n) is 3.40. The summed E-state index contributed by atoms with van der Waals surface area (Å²) in [5.41, 5.74) is 1.05. The molecule has 4 heteroatoms. The SMILES string of the molecule is OC1CCOC(c2ccc3c(c2)OCCCO3)C1. The first-order chi connectivity index (χ1) is 8.83. The average Bonchev–Trinajstić information content (AvgIpc) is 2.63. The third kappa shape index (κ3) is 2.44. The van der Waals surface area contributed by atoms with Crippen molar-refractivity contribution in [2.45, 2.75) is 31.5 Å². The van der Waals surface area contributed by atoms with E-state index in [1.165, 1.54) is 0 Å². The predicted molar refractivity (Wildman–Crippen MR) is 66.0 cm³/mol. The standard InChI is InChI=1S/C14H18O4/c15-11-4-7-18-13(9-11)10-2-3-12-14(8-10)17-6-1-5-16-12/h2-3,8,11,13,15H,1,4-7,9H2. The molecule has 0 spiro atoms. The molecule has 4 nitrogen and oxygen atoms in total. The molecule has 3 rings (SSSR count). The van der Waals surface area contributed by atoms with Crippen molar-refractivity contribution in [3.63, 3.8) is 0 Å². The lowest BCUT2D eigenvalue weighted by atomic mass is 9.99. The summed E-state index contributed by atoms with van der Waals surface area (Å²) in [5, 5.41) is 9.69. The molecule has 0 aromatic heterocycles. The minimum Gasteiger partial charge on any atom is -0.490 e. The molecule has 0 amide bonds. The molecule has 0 saturated carbocycles. The maximum atomic E-state index is 9.69. The highest BCUT2D eigenvalue weighted by Gasteiger charge is 2.23. The van der Waals surface area contributed by atoms with Gasteiger partial charge in [-0.05, 0) is 24.1 Å².